The zero-order chi connectivity index (χ0) is 14.9. The fraction of sp³-hybridized carbons (Fsp3) is 0.714. The van der Waals surface area contributed by atoms with Crippen LogP contribution in [0.5, 0.6) is 0 Å². The number of carbonyl (C=O) groups is 1. The Hall–Kier alpha value is -1.52. The number of rotatable bonds is 8. The second-order valence-corrected chi connectivity index (χ2v) is 5.39. The summed E-state index contributed by atoms with van der Waals surface area (Å²) in [6.45, 7) is 8.76. The Bertz CT molecular complexity index is 318. The maximum Gasteiger partial charge on any atom is 0.328 e. The summed E-state index contributed by atoms with van der Waals surface area (Å²) in [6, 6.07) is -1.02. The van der Waals surface area contributed by atoms with Gasteiger partial charge in [-0.1, -0.05) is 39.7 Å². The predicted octanol–water partition coefficient (Wildman–Crippen LogP) is 2.11. The van der Waals surface area contributed by atoms with Gasteiger partial charge >= 0.3 is 5.97 Å². The predicted molar refractivity (Wildman–Crippen MR) is 73.0 cm³/mol. The molecule has 0 amide bonds. The van der Waals surface area contributed by atoms with E-state index in [0.29, 0.717) is 6.42 Å². The first-order valence-electron chi connectivity index (χ1n) is 6.54. The molecule has 0 radical (unpaired) electrons. The van der Waals surface area contributed by atoms with Crippen LogP contribution < -0.4 is 5.11 Å². The standard InChI is InChI=1S/C14H25NO4/c1-5-6-7-8-9-10-11(12(16)17)15-13(18)19-14(2,3)4/h5,11H,1,6-10H2,2-4H3,(H,15,18)(H,16,17)/p-1/t11-/m0/s1. The third kappa shape index (κ3) is 10.1. The quantitative estimate of drug-likeness (QED) is 0.317. The molecule has 0 heterocycles. The van der Waals surface area contributed by atoms with Crippen molar-refractivity contribution in [3.8, 4) is 0 Å². The molecule has 0 fully saturated rings. The van der Waals surface area contributed by atoms with Crippen LogP contribution in [0.15, 0.2) is 17.6 Å². The fourth-order valence-corrected chi connectivity index (χ4v) is 1.46. The number of nitrogens with zero attached hydrogens (tertiary/aromatic N) is 1. The lowest BCUT2D eigenvalue weighted by molar-refractivity contribution is -0.261. The largest absolute Gasteiger partial charge is 0.595 e. The summed E-state index contributed by atoms with van der Waals surface area (Å²) in [6.07, 6.45) is 4.89. The van der Waals surface area contributed by atoms with Crippen molar-refractivity contribution in [3.05, 3.63) is 12.7 Å². The number of hydrogen-bond donors (Lipinski definition) is 1. The molecule has 0 aromatic rings. The number of ether oxygens (including phenoxy) is 1. The second-order valence-electron chi connectivity index (χ2n) is 5.39. The van der Waals surface area contributed by atoms with Crippen molar-refractivity contribution in [2.45, 2.75) is 64.5 Å². The Morgan fingerprint density at radius 2 is 2.05 bits per heavy atom. The zero-order valence-electron chi connectivity index (χ0n) is 12.0. The summed E-state index contributed by atoms with van der Waals surface area (Å²) in [5.41, 5.74) is -0.659. The van der Waals surface area contributed by atoms with Crippen molar-refractivity contribution in [1.29, 1.82) is 0 Å². The lowest BCUT2D eigenvalue weighted by Crippen LogP contribution is -2.34. The molecule has 0 aliphatic heterocycles. The normalized spacial score (nSPS) is 13.9. The molecule has 1 atom stereocenters. The van der Waals surface area contributed by atoms with E-state index >= 15 is 0 Å². The third-order valence-electron chi connectivity index (χ3n) is 2.33. The van der Waals surface area contributed by atoms with Gasteiger partial charge in [0.2, 0.25) is 0 Å². The summed E-state index contributed by atoms with van der Waals surface area (Å²) in [7, 11) is 0. The van der Waals surface area contributed by atoms with E-state index in [9.17, 15) is 9.90 Å². The number of carboxylic acid groups (broad SMARTS) is 1. The van der Waals surface area contributed by atoms with Gasteiger partial charge in [-0.2, -0.15) is 0 Å². The fourth-order valence-electron chi connectivity index (χ4n) is 1.46. The van der Waals surface area contributed by atoms with Crippen LogP contribution in [0, 0.1) is 0 Å². The molecule has 0 bridgehead atoms. The van der Waals surface area contributed by atoms with Gasteiger partial charge in [0.15, 0.2) is 0 Å². The Balaban J connectivity index is 4.29. The maximum absolute atomic E-state index is 11.4. The molecule has 110 valence electrons. The lowest BCUT2D eigenvalue weighted by Gasteiger charge is -2.30. The van der Waals surface area contributed by atoms with E-state index in [1.807, 2.05) is 6.08 Å². The van der Waals surface area contributed by atoms with Gasteiger partial charge in [-0.15, -0.1) is 6.58 Å². The van der Waals surface area contributed by atoms with Crippen LogP contribution in [0.4, 0.5) is 0 Å². The zero-order valence-corrected chi connectivity index (χ0v) is 12.0. The van der Waals surface area contributed by atoms with Crippen LogP contribution in [0.1, 0.15) is 52.9 Å². The van der Waals surface area contributed by atoms with E-state index in [1.165, 1.54) is 0 Å². The Kier molecular flexibility index (Phi) is 7.87. The lowest BCUT2D eigenvalue weighted by atomic mass is 10.1. The average molecular weight is 270 g/mol. The number of aliphatic carboxylic acids is 1. The summed E-state index contributed by atoms with van der Waals surface area (Å²) < 4.78 is 4.98. The van der Waals surface area contributed by atoms with E-state index in [4.69, 9.17) is 9.84 Å². The van der Waals surface area contributed by atoms with Gasteiger partial charge in [-0.25, -0.2) is 4.79 Å². The molecule has 5 nitrogen and oxygen atoms in total. The van der Waals surface area contributed by atoms with Crippen LogP contribution in [0.25, 0.3) is 0 Å². The third-order valence-corrected chi connectivity index (χ3v) is 2.33. The highest BCUT2D eigenvalue weighted by Gasteiger charge is 2.16. The average Bonchev–Trinajstić information content (AvgIpc) is 2.24. The van der Waals surface area contributed by atoms with E-state index in [1.54, 1.807) is 20.8 Å². The minimum Gasteiger partial charge on any atom is -0.595 e. The van der Waals surface area contributed by atoms with Crippen molar-refractivity contribution in [3.63, 3.8) is 0 Å². The van der Waals surface area contributed by atoms with Gasteiger partial charge in [-0.05, 0) is 19.3 Å². The van der Waals surface area contributed by atoms with Crippen molar-refractivity contribution in [1.82, 2.24) is 0 Å². The monoisotopic (exact) mass is 270 g/mol. The van der Waals surface area contributed by atoms with Gasteiger partial charge in [-0.3, -0.25) is 4.99 Å². The van der Waals surface area contributed by atoms with Crippen LogP contribution in [-0.2, 0) is 9.53 Å². The molecule has 0 saturated heterocycles. The molecule has 5 heteroatoms. The summed E-state index contributed by atoms with van der Waals surface area (Å²) in [5.74, 6) is -1.09. The van der Waals surface area contributed by atoms with E-state index < -0.39 is 23.7 Å². The molecule has 0 aliphatic carbocycles. The van der Waals surface area contributed by atoms with Gasteiger partial charge in [0, 0.05) is 5.60 Å². The Morgan fingerprint density at radius 1 is 1.42 bits per heavy atom. The minimum absolute atomic E-state index is 0.353. The molecular weight excluding hydrogens is 246 g/mol. The van der Waals surface area contributed by atoms with Gasteiger partial charge in [0.1, 0.15) is 12.1 Å². The van der Waals surface area contributed by atoms with Gasteiger partial charge in [0.05, 0.1) is 0 Å². The highest BCUT2D eigenvalue weighted by molar-refractivity contribution is 5.76. The molecule has 0 aromatic heterocycles. The van der Waals surface area contributed by atoms with Crippen molar-refractivity contribution < 1.29 is 19.7 Å². The first-order valence-corrected chi connectivity index (χ1v) is 6.54. The number of allylic oxidation sites excluding steroid dienone is 1. The second kappa shape index (κ2) is 8.56. The van der Waals surface area contributed by atoms with Crippen LogP contribution in [0.3, 0.4) is 0 Å². The first-order chi connectivity index (χ1) is 8.76. The number of hydrogen-bond acceptors (Lipinski definition) is 4. The SMILES string of the molecule is C=CCCCCC[C@H](N=C([O-])OC(C)(C)C)C(=O)O. The summed E-state index contributed by atoms with van der Waals surface area (Å²) >= 11 is 0. The Morgan fingerprint density at radius 3 is 2.53 bits per heavy atom. The molecule has 0 aliphatic rings. The molecule has 0 unspecified atom stereocenters. The van der Waals surface area contributed by atoms with Gasteiger partial charge in [0.25, 0.3) is 0 Å². The number of unbranched alkanes of at least 4 members (excludes halogenated alkanes) is 3. The minimum atomic E-state index is -1.09. The topological polar surface area (TPSA) is 82.0 Å². The molecule has 19 heavy (non-hydrogen) atoms. The number of carboxylic acids is 1. The van der Waals surface area contributed by atoms with E-state index in [2.05, 4.69) is 11.6 Å². The van der Waals surface area contributed by atoms with Crippen molar-refractivity contribution in [2.24, 2.45) is 4.99 Å². The summed E-state index contributed by atoms with van der Waals surface area (Å²) in [4.78, 5) is 14.6. The molecule has 1 N–H and O–H groups in total. The van der Waals surface area contributed by atoms with E-state index in [-0.39, 0.29) is 0 Å². The molecule has 0 rings (SSSR count). The summed E-state index contributed by atoms with van der Waals surface area (Å²) in [5, 5.41) is 20.4. The molecule has 0 spiro atoms. The van der Waals surface area contributed by atoms with E-state index in [0.717, 1.165) is 25.7 Å². The first kappa shape index (κ1) is 17.5. The Labute approximate surface area is 115 Å². The highest BCUT2D eigenvalue weighted by atomic mass is 16.6. The smallest absolute Gasteiger partial charge is 0.328 e. The van der Waals surface area contributed by atoms with Crippen LogP contribution in [-0.4, -0.2) is 28.8 Å². The van der Waals surface area contributed by atoms with Crippen molar-refractivity contribution in [2.75, 3.05) is 0 Å². The van der Waals surface area contributed by atoms with Crippen LogP contribution in [0.2, 0.25) is 0 Å². The van der Waals surface area contributed by atoms with Gasteiger partial charge < -0.3 is 14.9 Å². The van der Waals surface area contributed by atoms with Crippen molar-refractivity contribution >= 4 is 12.1 Å². The molecular formula is C14H24NO4-. The van der Waals surface area contributed by atoms with Crippen LogP contribution >= 0.6 is 0 Å². The highest BCUT2D eigenvalue weighted by Crippen LogP contribution is 2.11. The molecule has 0 aromatic carbocycles. The number of aliphatic imine (C=N–C) groups is 1. The molecule has 0 saturated carbocycles. The maximum atomic E-state index is 11.4.